The van der Waals surface area contributed by atoms with Crippen molar-refractivity contribution >= 4 is 10.2 Å². The van der Waals surface area contributed by atoms with Crippen LogP contribution in [0.3, 0.4) is 0 Å². The van der Waals surface area contributed by atoms with Gasteiger partial charge in [0.15, 0.2) is 0 Å². The Balaban J connectivity index is 1.64. The number of nitrogens with zero attached hydrogens (tertiary/aromatic N) is 2. The fourth-order valence-electron chi connectivity index (χ4n) is 3.96. The van der Waals surface area contributed by atoms with Gasteiger partial charge in [-0.2, -0.15) is 17.0 Å². The molecule has 0 unspecified atom stereocenters. The molecule has 1 saturated heterocycles. The number of benzene rings is 1. The molecule has 0 amide bonds. The highest BCUT2D eigenvalue weighted by atomic mass is 32.2. The van der Waals surface area contributed by atoms with Crippen molar-refractivity contribution in [1.82, 2.24) is 8.61 Å². The lowest BCUT2D eigenvalue weighted by Gasteiger charge is -2.56. The van der Waals surface area contributed by atoms with Crippen LogP contribution in [0, 0.1) is 5.41 Å². The molecule has 134 valence electrons. The van der Waals surface area contributed by atoms with Gasteiger partial charge in [0.25, 0.3) is 10.2 Å². The Morgan fingerprint density at radius 1 is 1.29 bits per heavy atom. The molecule has 1 aliphatic carbocycles. The van der Waals surface area contributed by atoms with Crippen molar-refractivity contribution in [2.45, 2.75) is 38.0 Å². The minimum Gasteiger partial charge on any atom is -0.392 e. The number of hydrogen-bond donors (Lipinski definition) is 1. The van der Waals surface area contributed by atoms with E-state index in [0.717, 1.165) is 5.56 Å². The van der Waals surface area contributed by atoms with Crippen LogP contribution >= 0.6 is 0 Å². The first-order valence-corrected chi connectivity index (χ1v) is 9.76. The Bertz CT molecular complexity index is 656. The fraction of sp³-hybridized carbons (Fsp3) is 0.647. The molecule has 1 spiro atoms. The molecule has 0 bridgehead atoms. The average Bonchev–Trinajstić information content (AvgIpc) is 2.60. The summed E-state index contributed by atoms with van der Waals surface area (Å²) in [6.45, 7) is 1.21. The van der Waals surface area contributed by atoms with Crippen molar-refractivity contribution in [3.05, 3.63) is 35.9 Å². The fourth-order valence-corrected chi connectivity index (χ4v) is 5.32. The van der Waals surface area contributed by atoms with Gasteiger partial charge in [0.2, 0.25) is 0 Å². The van der Waals surface area contributed by atoms with Crippen molar-refractivity contribution in [3.8, 4) is 0 Å². The number of rotatable bonds is 5. The zero-order valence-corrected chi connectivity index (χ0v) is 15.1. The molecule has 3 rings (SSSR count). The van der Waals surface area contributed by atoms with Crippen LogP contribution in [0.15, 0.2) is 30.3 Å². The molecule has 2 atom stereocenters. The molecule has 1 aromatic carbocycles. The number of ether oxygens (including phenoxy) is 1. The molecule has 7 heteroatoms. The maximum absolute atomic E-state index is 12.8. The predicted molar refractivity (Wildman–Crippen MR) is 91.5 cm³/mol. The Labute approximate surface area is 144 Å². The molecule has 2 fully saturated rings. The van der Waals surface area contributed by atoms with Crippen molar-refractivity contribution < 1.29 is 18.3 Å². The molecule has 0 aromatic heterocycles. The average molecular weight is 354 g/mol. The standard InChI is InChI=1S/C17H26N2O4S/c1-18(13-14-6-4-3-5-7-14)24(21,22)19-10-8-17(9-11-19)15(20)12-16(17)23-2/h3-7,15-16,20H,8-13H2,1-2H3/t15-,16+/m0/s1. The van der Waals surface area contributed by atoms with Crippen LogP contribution < -0.4 is 0 Å². The summed E-state index contributed by atoms with van der Waals surface area (Å²) in [5.41, 5.74) is 0.699. The Morgan fingerprint density at radius 2 is 1.92 bits per heavy atom. The second-order valence-corrected chi connectivity index (χ2v) is 8.89. The van der Waals surface area contributed by atoms with Crippen LogP contribution in [0.1, 0.15) is 24.8 Å². The van der Waals surface area contributed by atoms with Gasteiger partial charge in [-0.05, 0) is 18.4 Å². The van der Waals surface area contributed by atoms with E-state index in [9.17, 15) is 13.5 Å². The molecular weight excluding hydrogens is 328 g/mol. The van der Waals surface area contributed by atoms with Gasteiger partial charge in [-0.25, -0.2) is 0 Å². The van der Waals surface area contributed by atoms with E-state index < -0.39 is 10.2 Å². The van der Waals surface area contributed by atoms with E-state index >= 15 is 0 Å². The van der Waals surface area contributed by atoms with Gasteiger partial charge in [0, 0.05) is 45.6 Å². The van der Waals surface area contributed by atoms with Crippen molar-refractivity contribution in [1.29, 1.82) is 0 Å². The lowest BCUT2D eigenvalue weighted by atomic mass is 9.58. The highest BCUT2D eigenvalue weighted by Gasteiger charge is 2.56. The molecule has 1 heterocycles. The van der Waals surface area contributed by atoms with Crippen LogP contribution in [0.5, 0.6) is 0 Å². The maximum atomic E-state index is 12.8. The van der Waals surface area contributed by atoms with Gasteiger partial charge >= 0.3 is 0 Å². The van der Waals surface area contributed by atoms with Gasteiger partial charge in [-0.15, -0.1) is 0 Å². The first-order valence-electron chi connectivity index (χ1n) is 8.36. The minimum atomic E-state index is -3.49. The summed E-state index contributed by atoms with van der Waals surface area (Å²) in [5, 5.41) is 10.2. The highest BCUT2D eigenvalue weighted by molar-refractivity contribution is 7.86. The Kier molecular flexibility index (Phi) is 4.99. The largest absolute Gasteiger partial charge is 0.392 e. The van der Waals surface area contributed by atoms with Crippen LogP contribution in [0.25, 0.3) is 0 Å². The lowest BCUT2D eigenvalue weighted by molar-refractivity contribution is -0.197. The van der Waals surface area contributed by atoms with E-state index in [1.807, 2.05) is 30.3 Å². The van der Waals surface area contributed by atoms with Crippen molar-refractivity contribution in [2.24, 2.45) is 5.41 Å². The number of aliphatic hydroxyl groups excluding tert-OH is 1. The Morgan fingerprint density at radius 3 is 2.46 bits per heavy atom. The number of hydrogen-bond acceptors (Lipinski definition) is 4. The summed E-state index contributed by atoms with van der Waals surface area (Å²) in [7, 11) is -0.216. The van der Waals surface area contributed by atoms with Crippen LogP contribution in [0.2, 0.25) is 0 Å². The summed E-state index contributed by atoms with van der Waals surface area (Å²) in [6, 6.07) is 9.57. The second-order valence-electron chi connectivity index (χ2n) is 6.86. The zero-order chi connectivity index (χ0) is 17.4. The third kappa shape index (κ3) is 2.99. The number of methoxy groups -OCH3 is 1. The summed E-state index contributed by atoms with van der Waals surface area (Å²) in [4.78, 5) is 0. The first kappa shape index (κ1) is 17.8. The van der Waals surface area contributed by atoms with Gasteiger partial charge < -0.3 is 9.84 Å². The monoisotopic (exact) mass is 354 g/mol. The van der Waals surface area contributed by atoms with E-state index in [-0.39, 0.29) is 17.6 Å². The smallest absolute Gasteiger partial charge is 0.282 e. The van der Waals surface area contributed by atoms with E-state index in [1.165, 1.54) is 8.61 Å². The van der Waals surface area contributed by atoms with E-state index in [1.54, 1.807) is 14.2 Å². The van der Waals surface area contributed by atoms with Gasteiger partial charge in [0.05, 0.1) is 12.2 Å². The van der Waals surface area contributed by atoms with Crippen LogP contribution in [0.4, 0.5) is 0 Å². The van der Waals surface area contributed by atoms with E-state index in [0.29, 0.717) is 38.9 Å². The molecule has 1 aromatic rings. The third-order valence-electron chi connectivity index (χ3n) is 5.65. The number of piperidine rings is 1. The summed E-state index contributed by atoms with van der Waals surface area (Å²) in [6.07, 6.45) is 1.60. The van der Waals surface area contributed by atoms with Crippen molar-refractivity contribution in [2.75, 3.05) is 27.2 Å². The molecule has 1 N–H and O–H groups in total. The zero-order valence-electron chi connectivity index (χ0n) is 14.3. The van der Waals surface area contributed by atoms with E-state index in [4.69, 9.17) is 4.74 Å². The maximum Gasteiger partial charge on any atom is 0.282 e. The van der Waals surface area contributed by atoms with Gasteiger partial charge in [-0.1, -0.05) is 30.3 Å². The summed E-state index contributed by atoms with van der Waals surface area (Å²) < 4.78 is 34.0. The van der Waals surface area contributed by atoms with Crippen molar-refractivity contribution in [3.63, 3.8) is 0 Å². The molecule has 1 saturated carbocycles. The number of aliphatic hydroxyl groups is 1. The minimum absolute atomic E-state index is 0.0411. The Hall–Kier alpha value is -0.990. The molecule has 0 radical (unpaired) electrons. The normalized spacial score (nSPS) is 27.3. The second kappa shape index (κ2) is 6.72. The molecule has 24 heavy (non-hydrogen) atoms. The highest BCUT2D eigenvalue weighted by Crippen LogP contribution is 2.51. The van der Waals surface area contributed by atoms with Crippen LogP contribution in [-0.4, -0.2) is 61.6 Å². The SMILES string of the molecule is CO[C@@H]1C[C@H](O)C12CCN(S(=O)(=O)N(C)Cc1ccccc1)CC2. The quantitative estimate of drug-likeness (QED) is 0.863. The molecule has 2 aliphatic rings. The first-order chi connectivity index (χ1) is 11.4. The van der Waals surface area contributed by atoms with Gasteiger partial charge in [-0.3, -0.25) is 0 Å². The van der Waals surface area contributed by atoms with Gasteiger partial charge in [0.1, 0.15) is 0 Å². The summed E-state index contributed by atoms with van der Waals surface area (Å²) in [5.74, 6) is 0. The summed E-state index contributed by atoms with van der Waals surface area (Å²) >= 11 is 0. The molecular formula is C17H26N2O4S. The lowest BCUT2D eigenvalue weighted by Crippen LogP contribution is -2.63. The van der Waals surface area contributed by atoms with Crippen LogP contribution in [-0.2, 0) is 21.5 Å². The third-order valence-corrected chi connectivity index (χ3v) is 7.58. The molecule has 1 aliphatic heterocycles. The topological polar surface area (TPSA) is 70.1 Å². The predicted octanol–water partition coefficient (Wildman–Crippen LogP) is 1.22. The van der Waals surface area contributed by atoms with E-state index in [2.05, 4.69) is 0 Å². The molecule has 6 nitrogen and oxygen atoms in total.